The molecule has 1 aliphatic heterocycles. The fraction of sp³-hybridized carbons (Fsp3) is 0.360. The number of likely N-dealkylation sites (tertiary alicyclic amines) is 1. The van der Waals surface area contributed by atoms with Gasteiger partial charge in [0.15, 0.2) is 5.82 Å². The summed E-state index contributed by atoms with van der Waals surface area (Å²) >= 11 is 0. The van der Waals surface area contributed by atoms with Crippen molar-refractivity contribution in [1.29, 1.82) is 0 Å². The number of imidazole rings is 2. The number of pyridine rings is 1. The van der Waals surface area contributed by atoms with Gasteiger partial charge >= 0.3 is 0 Å². The van der Waals surface area contributed by atoms with Crippen LogP contribution in [-0.4, -0.2) is 59.2 Å². The smallest absolute Gasteiger partial charge is 0.254 e. The number of aliphatic hydroxyl groups is 1. The maximum atomic E-state index is 13.7. The Labute approximate surface area is 196 Å². The van der Waals surface area contributed by atoms with Gasteiger partial charge in [-0.25, -0.2) is 15.0 Å². The van der Waals surface area contributed by atoms with Crippen molar-refractivity contribution in [2.75, 3.05) is 13.2 Å². The average Bonchev–Trinajstić information content (AvgIpc) is 3.58. The predicted octanol–water partition coefficient (Wildman–Crippen LogP) is 3.49. The minimum atomic E-state index is -0.552. The van der Waals surface area contributed by atoms with Crippen LogP contribution in [0.25, 0.3) is 22.6 Å². The summed E-state index contributed by atoms with van der Waals surface area (Å²) in [5, 5.41) is 9.60. The van der Waals surface area contributed by atoms with E-state index in [9.17, 15) is 14.3 Å². The molecule has 0 spiro atoms. The highest BCUT2D eigenvalue weighted by Gasteiger charge is 2.29. The molecule has 4 aromatic rings. The number of benzene rings is 1. The average molecular weight is 463 g/mol. The molecule has 0 aliphatic carbocycles. The summed E-state index contributed by atoms with van der Waals surface area (Å²) in [4.78, 5) is 28.1. The summed E-state index contributed by atoms with van der Waals surface area (Å²) < 4.78 is 17.7. The second-order valence-electron chi connectivity index (χ2n) is 8.58. The first kappa shape index (κ1) is 22.2. The van der Waals surface area contributed by atoms with E-state index in [0.29, 0.717) is 30.2 Å². The maximum absolute atomic E-state index is 13.7. The van der Waals surface area contributed by atoms with Crippen molar-refractivity contribution in [3.8, 4) is 11.5 Å². The van der Waals surface area contributed by atoms with Gasteiger partial charge in [0, 0.05) is 31.0 Å². The van der Waals surface area contributed by atoms with Gasteiger partial charge in [-0.3, -0.25) is 4.79 Å². The van der Waals surface area contributed by atoms with Crippen molar-refractivity contribution < 1.29 is 14.3 Å². The summed E-state index contributed by atoms with van der Waals surface area (Å²) in [6, 6.07) is 10.2. The van der Waals surface area contributed by atoms with Crippen LogP contribution in [0.15, 0.2) is 48.8 Å². The van der Waals surface area contributed by atoms with E-state index in [-0.39, 0.29) is 18.6 Å². The van der Waals surface area contributed by atoms with Crippen LogP contribution < -0.4 is 0 Å². The SMILES string of the molecule is CCCn1c(Cn2ccnc2-c2cccc(F)n2)nc2cc(C(=O)N3CCC[C@H]3CO)ccc21. The summed E-state index contributed by atoms with van der Waals surface area (Å²) in [6.07, 6.45) is 6.15. The van der Waals surface area contributed by atoms with Gasteiger partial charge in [-0.1, -0.05) is 13.0 Å². The second kappa shape index (κ2) is 9.34. The number of aryl methyl sites for hydroxylation is 1. The van der Waals surface area contributed by atoms with E-state index >= 15 is 0 Å². The molecule has 0 saturated carbocycles. The van der Waals surface area contributed by atoms with Crippen LogP contribution in [0.4, 0.5) is 4.39 Å². The lowest BCUT2D eigenvalue weighted by Crippen LogP contribution is -2.37. The van der Waals surface area contributed by atoms with Crippen molar-refractivity contribution in [2.45, 2.75) is 45.3 Å². The summed E-state index contributed by atoms with van der Waals surface area (Å²) in [7, 11) is 0. The molecule has 1 saturated heterocycles. The first-order valence-electron chi connectivity index (χ1n) is 11.6. The van der Waals surface area contributed by atoms with E-state index in [4.69, 9.17) is 4.98 Å². The minimum absolute atomic E-state index is 0.0172. The monoisotopic (exact) mass is 462 g/mol. The molecular weight excluding hydrogens is 435 g/mol. The Balaban J connectivity index is 1.49. The topological polar surface area (TPSA) is 89.1 Å². The molecule has 4 heterocycles. The first-order chi connectivity index (χ1) is 16.6. The van der Waals surface area contributed by atoms with Gasteiger partial charge in [0.1, 0.15) is 11.5 Å². The van der Waals surface area contributed by atoms with Gasteiger partial charge in [0.2, 0.25) is 5.95 Å². The molecule has 1 amide bonds. The Hall–Kier alpha value is -3.59. The molecule has 8 nitrogen and oxygen atoms in total. The van der Waals surface area contributed by atoms with E-state index < -0.39 is 5.95 Å². The van der Waals surface area contributed by atoms with Crippen LogP contribution in [-0.2, 0) is 13.1 Å². The Kier molecular flexibility index (Phi) is 6.10. The molecule has 9 heteroatoms. The quantitative estimate of drug-likeness (QED) is 0.425. The largest absolute Gasteiger partial charge is 0.394 e. The Morgan fingerprint density at radius 1 is 1.24 bits per heavy atom. The zero-order valence-electron chi connectivity index (χ0n) is 19.1. The highest BCUT2D eigenvalue weighted by molar-refractivity contribution is 5.97. The van der Waals surface area contributed by atoms with Gasteiger partial charge in [0.05, 0.1) is 30.2 Å². The number of hydrogen-bond acceptors (Lipinski definition) is 5. The number of aliphatic hydroxyl groups excluding tert-OH is 1. The van der Waals surface area contributed by atoms with Crippen LogP contribution in [0.5, 0.6) is 0 Å². The van der Waals surface area contributed by atoms with Crippen molar-refractivity contribution >= 4 is 16.9 Å². The minimum Gasteiger partial charge on any atom is -0.394 e. The zero-order valence-corrected chi connectivity index (χ0v) is 19.1. The first-order valence-corrected chi connectivity index (χ1v) is 11.6. The van der Waals surface area contributed by atoms with Gasteiger partial charge in [-0.15, -0.1) is 0 Å². The van der Waals surface area contributed by atoms with Gasteiger partial charge in [-0.05, 0) is 49.6 Å². The van der Waals surface area contributed by atoms with Crippen molar-refractivity contribution in [3.63, 3.8) is 0 Å². The van der Waals surface area contributed by atoms with Crippen LogP contribution >= 0.6 is 0 Å². The van der Waals surface area contributed by atoms with E-state index in [1.165, 1.54) is 6.07 Å². The predicted molar refractivity (Wildman–Crippen MR) is 126 cm³/mol. The van der Waals surface area contributed by atoms with Gasteiger partial charge < -0.3 is 19.1 Å². The highest BCUT2D eigenvalue weighted by Crippen LogP contribution is 2.24. The van der Waals surface area contributed by atoms with Crippen LogP contribution in [0, 0.1) is 5.95 Å². The van der Waals surface area contributed by atoms with Crippen molar-refractivity contribution in [1.82, 2.24) is 29.0 Å². The van der Waals surface area contributed by atoms with Crippen LogP contribution in [0.1, 0.15) is 42.4 Å². The lowest BCUT2D eigenvalue weighted by atomic mass is 10.1. The van der Waals surface area contributed by atoms with Crippen molar-refractivity contribution in [2.24, 2.45) is 0 Å². The van der Waals surface area contributed by atoms with Crippen LogP contribution in [0.2, 0.25) is 0 Å². The number of nitrogens with zero attached hydrogens (tertiary/aromatic N) is 6. The fourth-order valence-corrected chi connectivity index (χ4v) is 4.72. The summed E-state index contributed by atoms with van der Waals surface area (Å²) in [5.41, 5.74) is 2.74. The number of amides is 1. The van der Waals surface area contributed by atoms with E-state index in [0.717, 1.165) is 42.7 Å². The number of halogens is 1. The number of fused-ring (bicyclic) bond motifs is 1. The fourth-order valence-electron chi connectivity index (χ4n) is 4.72. The lowest BCUT2D eigenvalue weighted by molar-refractivity contribution is 0.0678. The second-order valence-corrected chi connectivity index (χ2v) is 8.58. The molecule has 3 aromatic heterocycles. The molecule has 1 aromatic carbocycles. The molecule has 5 rings (SSSR count). The molecule has 1 aliphatic rings. The van der Waals surface area contributed by atoms with E-state index in [2.05, 4.69) is 21.5 Å². The molecule has 1 atom stereocenters. The number of carbonyl (C=O) groups excluding carboxylic acids is 1. The Bertz CT molecular complexity index is 1330. The number of rotatable bonds is 7. The van der Waals surface area contributed by atoms with Crippen molar-refractivity contribution in [3.05, 3.63) is 66.1 Å². The number of hydrogen-bond donors (Lipinski definition) is 1. The third-order valence-electron chi connectivity index (χ3n) is 6.34. The number of aromatic nitrogens is 5. The normalized spacial score (nSPS) is 16.0. The maximum Gasteiger partial charge on any atom is 0.254 e. The van der Waals surface area contributed by atoms with Gasteiger partial charge in [0.25, 0.3) is 5.91 Å². The Morgan fingerprint density at radius 2 is 2.12 bits per heavy atom. The lowest BCUT2D eigenvalue weighted by Gasteiger charge is -2.23. The standard InChI is InChI=1S/C25H27FN6O2/c1-2-11-32-21-9-8-17(25(34)31-12-4-5-18(31)16-33)14-20(21)29-23(32)15-30-13-10-27-24(30)19-6-3-7-22(26)28-19/h3,6-10,13-14,18,33H,2,4-5,11-12,15-16H2,1H3/t18-/m0/s1. The van der Waals surface area contributed by atoms with E-state index in [1.54, 1.807) is 23.2 Å². The molecule has 0 radical (unpaired) electrons. The molecule has 0 bridgehead atoms. The van der Waals surface area contributed by atoms with Crippen LogP contribution in [0.3, 0.4) is 0 Å². The third kappa shape index (κ3) is 4.07. The molecule has 1 fully saturated rings. The summed E-state index contributed by atoms with van der Waals surface area (Å²) in [5.74, 6) is 0.768. The summed E-state index contributed by atoms with van der Waals surface area (Å²) in [6.45, 7) is 3.96. The third-order valence-corrected chi connectivity index (χ3v) is 6.34. The molecule has 0 unspecified atom stereocenters. The highest BCUT2D eigenvalue weighted by atomic mass is 19.1. The molecule has 176 valence electrons. The number of carbonyl (C=O) groups is 1. The molecule has 34 heavy (non-hydrogen) atoms. The Morgan fingerprint density at radius 3 is 2.91 bits per heavy atom. The molecule has 1 N–H and O–H groups in total. The molecular formula is C25H27FN6O2. The zero-order chi connectivity index (χ0) is 23.7. The van der Waals surface area contributed by atoms with E-state index in [1.807, 2.05) is 29.0 Å². The van der Waals surface area contributed by atoms with Gasteiger partial charge in [-0.2, -0.15) is 4.39 Å².